The molecule has 0 atom stereocenters. The maximum absolute atomic E-state index is 13.1. The normalized spacial score (nSPS) is 15.9. The second-order valence-electron chi connectivity index (χ2n) is 6.50. The number of hydrogen-bond acceptors (Lipinski definition) is 4. The van der Waals surface area contributed by atoms with Gasteiger partial charge >= 0.3 is 5.97 Å². The molecule has 1 aliphatic carbocycles. The molecule has 0 spiro atoms. The molecule has 136 valence electrons. The molecule has 2 N–H and O–H groups in total. The van der Waals surface area contributed by atoms with Gasteiger partial charge in [0.05, 0.1) is 5.41 Å². The summed E-state index contributed by atoms with van der Waals surface area (Å²) < 4.78 is 5.64. The second kappa shape index (κ2) is 7.89. The van der Waals surface area contributed by atoms with Crippen LogP contribution in [0.5, 0.6) is 5.75 Å². The fraction of sp³-hybridized carbons (Fsp3) is 0.300. The highest BCUT2D eigenvalue weighted by molar-refractivity contribution is 6.30. The Labute approximate surface area is 156 Å². The van der Waals surface area contributed by atoms with E-state index < -0.39 is 11.3 Å². The van der Waals surface area contributed by atoms with Gasteiger partial charge in [0.15, 0.2) is 0 Å². The molecule has 0 saturated heterocycles. The molecular weight excluding hydrogens is 354 g/mol. The molecule has 1 aliphatic rings. The quantitative estimate of drug-likeness (QED) is 0.363. The summed E-state index contributed by atoms with van der Waals surface area (Å²) >= 11 is 5.99. The lowest BCUT2D eigenvalue weighted by molar-refractivity contribution is -0.142. The van der Waals surface area contributed by atoms with E-state index in [2.05, 4.69) is 0 Å². The van der Waals surface area contributed by atoms with Gasteiger partial charge < -0.3 is 4.74 Å². The highest BCUT2D eigenvalue weighted by Crippen LogP contribution is 2.41. The van der Waals surface area contributed by atoms with Gasteiger partial charge in [-0.15, -0.1) is 0 Å². The maximum atomic E-state index is 13.1. The molecule has 1 fully saturated rings. The van der Waals surface area contributed by atoms with E-state index in [0.29, 0.717) is 10.8 Å². The summed E-state index contributed by atoms with van der Waals surface area (Å²) in [5, 5.41) is 9.29. The minimum absolute atomic E-state index is 0.275. The van der Waals surface area contributed by atoms with Gasteiger partial charge in [-0.3, -0.25) is 14.8 Å². The van der Waals surface area contributed by atoms with Crippen LogP contribution >= 0.6 is 11.6 Å². The summed E-state index contributed by atoms with van der Waals surface area (Å²) in [4.78, 5) is 24.5. The molecule has 5 nitrogen and oxygen atoms in total. The third-order valence-corrected chi connectivity index (χ3v) is 5.18. The molecule has 0 heterocycles. The van der Waals surface area contributed by atoms with E-state index >= 15 is 0 Å². The average Bonchev–Trinajstić information content (AvgIpc) is 2.69. The first-order valence-corrected chi connectivity index (χ1v) is 8.96. The molecule has 0 bridgehead atoms. The summed E-state index contributed by atoms with van der Waals surface area (Å²) in [5.41, 5.74) is 2.09. The number of nitrogens with one attached hydrogen (secondary N) is 1. The number of ether oxygens (including phenoxy) is 1. The number of carbonyl (C=O) groups is 2. The van der Waals surface area contributed by atoms with Crippen LogP contribution in [-0.2, 0) is 10.2 Å². The van der Waals surface area contributed by atoms with E-state index in [1.165, 1.54) is 12.1 Å². The van der Waals surface area contributed by atoms with Crippen LogP contribution < -0.4 is 10.2 Å². The monoisotopic (exact) mass is 373 g/mol. The molecule has 3 rings (SSSR count). The molecule has 0 radical (unpaired) electrons. The number of halogens is 1. The van der Waals surface area contributed by atoms with Crippen LogP contribution in [0.1, 0.15) is 48.0 Å². The van der Waals surface area contributed by atoms with Crippen LogP contribution in [0.2, 0.25) is 5.02 Å². The third kappa shape index (κ3) is 3.74. The van der Waals surface area contributed by atoms with Crippen molar-refractivity contribution >= 4 is 23.5 Å². The molecule has 0 unspecified atom stereocenters. The maximum Gasteiger partial charge on any atom is 0.321 e. The van der Waals surface area contributed by atoms with Gasteiger partial charge in [0.1, 0.15) is 5.75 Å². The lowest BCUT2D eigenvalue weighted by atomic mass is 9.69. The first kappa shape index (κ1) is 18.4. The molecule has 1 saturated carbocycles. The zero-order valence-corrected chi connectivity index (χ0v) is 15.0. The van der Waals surface area contributed by atoms with Crippen LogP contribution in [0.4, 0.5) is 0 Å². The molecule has 26 heavy (non-hydrogen) atoms. The predicted molar refractivity (Wildman–Crippen MR) is 97.5 cm³/mol. The molecule has 6 heteroatoms. The van der Waals surface area contributed by atoms with Crippen molar-refractivity contribution in [2.24, 2.45) is 0 Å². The van der Waals surface area contributed by atoms with Crippen LogP contribution in [0.25, 0.3) is 0 Å². The molecule has 2 aromatic carbocycles. The first-order valence-electron chi connectivity index (χ1n) is 8.58. The fourth-order valence-corrected chi connectivity index (χ4v) is 3.60. The molecule has 0 aromatic heterocycles. The van der Waals surface area contributed by atoms with Crippen molar-refractivity contribution in [3.8, 4) is 5.75 Å². The number of rotatable bonds is 4. The van der Waals surface area contributed by atoms with Gasteiger partial charge in [-0.25, -0.2) is 5.48 Å². The minimum Gasteiger partial charge on any atom is -0.426 e. The van der Waals surface area contributed by atoms with Crippen molar-refractivity contribution in [2.75, 3.05) is 0 Å². The SMILES string of the molecule is O=C(NO)c1ccc(OC(=O)C2(c3ccc(Cl)cc3)CCCCC2)cc1. The van der Waals surface area contributed by atoms with E-state index in [-0.39, 0.29) is 11.5 Å². The van der Waals surface area contributed by atoms with Crippen LogP contribution in [0.15, 0.2) is 48.5 Å². The predicted octanol–water partition coefficient (Wildman–Crippen LogP) is 4.27. The van der Waals surface area contributed by atoms with Gasteiger partial charge in [-0.05, 0) is 54.8 Å². The van der Waals surface area contributed by atoms with E-state index in [1.54, 1.807) is 29.7 Å². The van der Waals surface area contributed by atoms with Crippen molar-refractivity contribution in [1.29, 1.82) is 0 Å². The Morgan fingerprint density at radius 1 is 0.962 bits per heavy atom. The molecular formula is C20H20ClNO4. The second-order valence-corrected chi connectivity index (χ2v) is 6.94. The Morgan fingerprint density at radius 3 is 2.15 bits per heavy atom. The summed E-state index contributed by atoms with van der Waals surface area (Å²) in [5.74, 6) is -0.546. The van der Waals surface area contributed by atoms with Gasteiger partial charge in [0.2, 0.25) is 0 Å². The number of hydroxylamine groups is 1. The standard InChI is InChI=1S/C20H20ClNO4/c21-16-8-6-15(7-9-16)20(12-2-1-3-13-20)19(24)26-17-10-4-14(5-11-17)18(23)22-25/h4-11,25H,1-3,12-13H2,(H,22,23). The van der Waals surface area contributed by atoms with Crippen molar-refractivity contribution < 1.29 is 19.5 Å². The number of hydrogen-bond donors (Lipinski definition) is 2. The zero-order valence-electron chi connectivity index (χ0n) is 14.2. The van der Waals surface area contributed by atoms with Gasteiger partial charge in [0.25, 0.3) is 5.91 Å². The van der Waals surface area contributed by atoms with E-state index in [0.717, 1.165) is 37.7 Å². The van der Waals surface area contributed by atoms with Crippen molar-refractivity contribution in [2.45, 2.75) is 37.5 Å². The van der Waals surface area contributed by atoms with Gasteiger partial charge in [-0.1, -0.05) is 43.0 Å². The molecule has 1 amide bonds. The Kier molecular flexibility index (Phi) is 5.59. The number of carbonyl (C=O) groups excluding carboxylic acids is 2. The average molecular weight is 374 g/mol. The summed E-state index contributed by atoms with van der Waals surface area (Å²) in [6, 6.07) is 13.4. The zero-order chi connectivity index (χ0) is 18.6. The lowest BCUT2D eigenvalue weighted by Gasteiger charge is -2.35. The third-order valence-electron chi connectivity index (χ3n) is 4.92. The van der Waals surface area contributed by atoms with Crippen molar-refractivity contribution in [3.63, 3.8) is 0 Å². The van der Waals surface area contributed by atoms with Crippen LogP contribution in [0, 0.1) is 0 Å². The topological polar surface area (TPSA) is 75.6 Å². The Hall–Kier alpha value is -2.37. The molecule has 0 aliphatic heterocycles. The smallest absolute Gasteiger partial charge is 0.321 e. The summed E-state index contributed by atoms with van der Waals surface area (Å²) in [7, 11) is 0. The Bertz CT molecular complexity index is 780. The number of esters is 1. The highest BCUT2D eigenvalue weighted by atomic mass is 35.5. The minimum atomic E-state index is -0.677. The lowest BCUT2D eigenvalue weighted by Crippen LogP contribution is -2.41. The van der Waals surface area contributed by atoms with E-state index in [4.69, 9.17) is 21.5 Å². The number of benzene rings is 2. The van der Waals surface area contributed by atoms with Crippen molar-refractivity contribution in [1.82, 2.24) is 5.48 Å². The van der Waals surface area contributed by atoms with E-state index in [1.807, 2.05) is 12.1 Å². The van der Waals surface area contributed by atoms with Crippen molar-refractivity contribution in [3.05, 3.63) is 64.7 Å². The van der Waals surface area contributed by atoms with Gasteiger partial charge in [-0.2, -0.15) is 0 Å². The highest BCUT2D eigenvalue weighted by Gasteiger charge is 2.42. The number of amides is 1. The first-order chi connectivity index (χ1) is 12.5. The van der Waals surface area contributed by atoms with Gasteiger partial charge in [0, 0.05) is 10.6 Å². The Balaban J connectivity index is 1.84. The van der Waals surface area contributed by atoms with Crippen LogP contribution in [0.3, 0.4) is 0 Å². The summed E-state index contributed by atoms with van der Waals surface area (Å²) in [6.07, 6.45) is 4.51. The Morgan fingerprint density at radius 2 is 1.58 bits per heavy atom. The molecule has 2 aromatic rings. The van der Waals surface area contributed by atoms with Crippen LogP contribution in [-0.4, -0.2) is 17.1 Å². The fourth-order valence-electron chi connectivity index (χ4n) is 3.48. The summed E-state index contributed by atoms with van der Waals surface area (Å²) in [6.45, 7) is 0. The van der Waals surface area contributed by atoms with E-state index in [9.17, 15) is 9.59 Å². The largest absolute Gasteiger partial charge is 0.426 e.